The van der Waals surface area contributed by atoms with Gasteiger partial charge in [0.25, 0.3) is 0 Å². The molecule has 1 unspecified atom stereocenters. The number of nitrogens with two attached hydrogens (primary N) is 1. The van der Waals surface area contributed by atoms with Crippen molar-refractivity contribution in [2.75, 3.05) is 13.1 Å². The molecule has 1 rings (SSSR count). The Morgan fingerprint density at radius 2 is 2.50 bits per heavy atom. The average Bonchev–Trinajstić information content (AvgIpc) is 2.33. The van der Waals surface area contributed by atoms with E-state index in [1.807, 2.05) is 6.92 Å². The molecule has 1 aliphatic heterocycles. The van der Waals surface area contributed by atoms with Crippen LogP contribution >= 0.6 is 0 Å². The van der Waals surface area contributed by atoms with Gasteiger partial charge in [-0.15, -0.1) is 0 Å². The van der Waals surface area contributed by atoms with E-state index in [0.29, 0.717) is 13.1 Å². The van der Waals surface area contributed by atoms with Gasteiger partial charge in [0.05, 0.1) is 0 Å². The van der Waals surface area contributed by atoms with E-state index < -0.39 is 0 Å². The van der Waals surface area contributed by atoms with Gasteiger partial charge in [0.15, 0.2) is 0 Å². The summed E-state index contributed by atoms with van der Waals surface area (Å²) in [4.78, 5) is 23.2. The second kappa shape index (κ2) is 3.42. The largest absolute Gasteiger partial charge is 0.370 e. The molecular formula is C7H13N3O2. The summed E-state index contributed by atoms with van der Waals surface area (Å²) in [7, 11) is 0. The second-order valence-electron chi connectivity index (χ2n) is 2.94. The third-order valence-electron chi connectivity index (χ3n) is 1.92. The normalized spacial score (nSPS) is 19.1. The van der Waals surface area contributed by atoms with Crippen LogP contribution in [0.2, 0.25) is 0 Å². The summed E-state index contributed by atoms with van der Waals surface area (Å²) in [6, 6.07) is -0.200. The maximum Gasteiger partial charge on any atom is 0.317 e. The van der Waals surface area contributed by atoms with E-state index in [2.05, 4.69) is 5.32 Å². The van der Waals surface area contributed by atoms with Crippen LogP contribution in [0.4, 0.5) is 4.79 Å². The Morgan fingerprint density at radius 3 is 2.92 bits per heavy atom. The quantitative estimate of drug-likeness (QED) is 0.587. The number of nitrogens with zero attached hydrogens (tertiary/aromatic N) is 1. The molecule has 3 N–H and O–H groups in total. The topological polar surface area (TPSA) is 75.4 Å². The van der Waals surface area contributed by atoms with Crippen molar-refractivity contribution >= 4 is 11.9 Å². The molecule has 5 heteroatoms. The van der Waals surface area contributed by atoms with Crippen molar-refractivity contribution in [2.24, 2.45) is 5.73 Å². The highest BCUT2D eigenvalue weighted by atomic mass is 16.2. The van der Waals surface area contributed by atoms with Gasteiger partial charge in [-0.05, 0) is 6.92 Å². The van der Waals surface area contributed by atoms with E-state index in [1.54, 1.807) is 4.90 Å². The summed E-state index contributed by atoms with van der Waals surface area (Å²) in [5, 5.41) is 2.66. The first-order chi connectivity index (χ1) is 5.61. The number of rotatable bonds is 3. The lowest BCUT2D eigenvalue weighted by molar-refractivity contribution is -0.118. The van der Waals surface area contributed by atoms with Crippen molar-refractivity contribution in [3.05, 3.63) is 0 Å². The zero-order chi connectivity index (χ0) is 9.14. The molecule has 5 nitrogen and oxygen atoms in total. The van der Waals surface area contributed by atoms with Gasteiger partial charge in [0.1, 0.15) is 0 Å². The van der Waals surface area contributed by atoms with E-state index in [-0.39, 0.29) is 24.4 Å². The zero-order valence-electron chi connectivity index (χ0n) is 7.04. The van der Waals surface area contributed by atoms with Gasteiger partial charge in [-0.25, -0.2) is 4.79 Å². The lowest BCUT2D eigenvalue weighted by Crippen LogP contribution is -2.38. The van der Waals surface area contributed by atoms with Crippen LogP contribution < -0.4 is 11.1 Å². The van der Waals surface area contributed by atoms with Crippen LogP contribution in [-0.2, 0) is 4.79 Å². The first kappa shape index (κ1) is 8.83. The smallest absolute Gasteiger partial charge is 0.317 e. The minimum absolute atomic E-state index is 0.0926. The Morgan fingerprint density at radius 1 is 1.83 bits per heavy atom. The summed E-state index contributed by atoms with van der Waals surface area (Å²) in [6.45, 7) is 3.13. The second-order valence-corrected chi connectivity index (χ2v) is 2.94. The van der Waals surface area contributed by atoms with E-state index in [4.69, 9.17) is 5.73 Å². The van der Waals surface area contributed by atoms with Crippen LogP contribution in [0.3, 0.4) is 0 Å². The SMILES string of the molecule is CC(CC(N)=O)N1CCNC1=O. The van der Waals surface area contributed by atoms with Crippen molar-refractivity contribution in [1.29, 1.82) is 0 Å². The van der Waals surface area contributed by atoms with Gasteiger partial charge in [0.2, 0.25) is 5.91 Å². The van der Waals surface area contributed by atoms with E-state index in [1.165, 1.54) is 0 Å². The maximum atomic E-state index is 11.1. The number of primary amides is 1. The first-order valence-electron chi connectivity index (χ1n) is 3.94. The van der Waals surface area contributed by atoms with Crippen LogP contribution in [-0.4, -0.2) is 36.0 Å². The number of amides is 3. The number of hydrogen-bond donors (Lipinski definition) is 2. The fourth-order valence-corrected chi connectivity index (χ4v) is 1.31. The Kier molecular flexibility index (Phi) is 2.52. The Labute approximate surface area is 70.9 Å². The number of nitrogens with one attached hydrogen (secondary N) is 1. The Hall–Kier alpha value is -1.26. The van der Waals surface area contributed by atoms with Gasteiger partial charge in [-0.1, -0.05) is 0 Å². The standard InChI is InChI=1S/C7H13N3O2/c1-5(4-6(8)11)10-3-2-9-7(10)12/h5H,2-4H2,1H3,(H2,8,11)(H,9,12). The van der Waals surface area contributed by atoms with Crippen molar-refractivity contribution in [1.82, 2.24) is 10.2 Å². The van der Waals surface area contributed by atoms with Crippen molar-refractivity contribution in [3.63, 3.8) is 0 Å². The Bertz CT molecular complexity index is 205. The molecule has 0 aromatic heterocycles. The van der Waals surface area contributed by atoms with Gasteiger partial charge < -0.3 is 16.0 Å². The summed E-state index contributed by atoms with van der Waals surface area (Å²) in [5.74, 6) is -0.373. The van der Waals surface area contributed by atoms with Gasteiger partial charge in [-0.3, -0.25) is 4.79 Å². The van der Waals surface area contributed by atoms with Crippen LogP contribution in [0.1, 0.15) is 13.3 Å². The Balaban J connectivity index is 2.45. The van der Waals surface area contributed by atoms with E-state index >= 15 is 0 Å². The molecular weight excluding hydrogens is 158 g/mol. The molecule has 12 heavy (non-hydrogen) atoms. The molecule has 0 saturated carbocycles. The summed E-state index contributed by atoms with van der Waals surface area (Å²) in [6.07, 6.45) is 0.230. The third kappa shape index (κ3) is 1.87. The van der Waals surface area contributed by atoms with Crippen molar-refractivity contribution in [2.45, 2.75) is 19.4 Å². The molecule has 0 aromatic rings. The van der Waals surface area contributed by atoms with Gasteiger partial charge >= 0.3 is 6.03 Å². The number of urea groups is 1. The molecule has 1 aliphatic rings. The molecule has 0 spiro atoms. The highest BCUT2D eigenvalue weighted by Gasteiger charge is 2.25. The molecule has 1 heterocycles. The zero-order valence-corrected chi connectivity index (χ0v) is 7.04. The molecule has 0 bridgehead atoms. The summed E-state index contributed by atoms with van der Waals surface area (Å²) < 4.78 is 0. The molecule has 0 aromatic carbocycles. The lowest BCUT2D eigenvalue weighted by Gasteiger charge is -2.21. The predicted molar refractivity (Wildman–Crippen MR) is 43.4 cm³/mol. The van der Waals surface area contributed by atoms with Crippen molar-refractivity contribution in [3.8, 4) is 0 Å². The highest BCUT2D eigenvalue weighted by Crippen LogP contribution is 2.06. The predicted octanol–water partition coefficient (Wildman–Crippen LogP) is -0.724. The average molecular weight is 171 g/mol. The molecule has 68 valence electrons. The minimum Gasteiger partial charge on any atom is -0.370 e. The first-order valence-corrected chi connectivity index (χ1v) is 3.94. The number of carbonyl (C=O) groups is 2. The fraction of sp³-hybridized carbons (Fsp3) is 0.714. The van der Waals surface area contributed by atoms with Crippen LogP contribution in [0.5, 0.6) is 0 Å². The highest BCUT2D eigenvalue weighted by molar-refractivity contribution is 5.79. The fourth-order valence-electron chi connectivity index (χ4n) is 1.31. The molecule has 1 fully saturated rings. The lowest BCUT2D eigenvalue weighted by atomic mass is 10.2. The van der Waals surface area contributed by atoms with E-state index in [9.17, 15) is 9.59 Å². The van der Waals surface area contributed by atoms with Crippen LogP contribution in [0, 0.1) is 0 Å². The van der Waals surface area contributed by atoms with Crippen molar-refractivity contribution < 1.29 is 9.59 Å². The van der Waals surface area contributed by atoms with Gasteiger partial charge in [-0.2, -0.15) is 0 Å². The molecule has 1 saturated heterocycles. The maximum absolute atomic E-state index is 11.1. The van der Waals surface area contributed by atoms with Gasteiger partial charge in [0, 0.05) is 25.6 Å². The molecule has 3 amide bonds. The van der Waals surface area contributed by atoms with E-state index in [0.717, 1.165) is 0 Å². The summed E-state index contributed by atoms with van der Waals surface area (Å²) in [5.41, 5.74) is 5.01. The number of carbonyl (C=O) groups excluding carboxylic acids is 2. The molecule has 0 aliphatic carbocycles. The molecule has 0 radical (unpaired) electrons. The monoisotopic (exact) mass is 171 g/mol. The van der Waals surface area contributed by atoms with Crippen LogP contribution in [0.15, 0.2) is 0 Å². The number of hydrogen-bond acceptors (Lipinski definition) is 2. The third-order valence-corrected chi connectivity index (χ3v) is 1.92. The minimum atomic E-state index is -0.373. The summed E-state index contributed by atoms with van der Waals surface area (Å²) >= 11 is 0. The molecule has 1 atom stereocenters. The van der Waals surface area contributed by atoms with Crippen LogP contribution in [0.25, 0.3) is 0 Å².